The van der Waals surface area contributed by atoms with Gasteiger partial charge in [-0.1, -0.05) is 39.0 Å². The van der Waals surface area contributed by atoms with E-state index in [4.69, 9.17) is 10.5 Å². The van der Waals surface area contributed by atoms with Gasteiger partial charge in [0.1, 0.15) is 11.6 Å². The molecule has 19 heavy (non-hydrogen) atoms. The van der Waals surface area contributed by atoms with E-state index in [9.17, 15) is 4.39 Å². The number of halogens is 1. The highest BCUT2D eigenvalue weighted by Gasteiger charge is 2.09. The number of hydrogen-bond acceptors (Lipinski definition) is 2. The van der Waals surface area contributed by atoms with Gasteiger partial charge in [0.2, 0.25) is 0 Å². The molecule has 108 valence electrons. The Labute approximate surface area is 116 Å². The van der Waals surface area contributed by atoms with Crippen LogP contribution in [0.3, 0.4) is 0 Å². The fourth-order valence-electron chi connectivity index (χ4n) is 2.07. The van der Waals surface area contributed by atoms with Gasteiger partial charge in [0.25, 0.3) is 0 Å². The van der Waals surface area contributed by atoms with Crippen LogP contribution in [0, 0.1) is 5.82 Å². The molecule has 0 aliphatic carbocycles. The van der Waals surface area contributed by atoms with Crippen LogP contribution in [0.15, 0.2) is 18.2 Å². The van der Waals surface area contributed by atoms with E-state index < -0.39 is 0 Å². The summed E-state index contributed by atoms with van der Waals surface area (Å²) in [6.07, 6.45) is 7.38. The van der Waals surface area contributed by atoms with Crippen LogP contribution < -0.4 is 10.5 Å². The van der Waals surface area contributed by atoms with Crippen molar-refractivity contribution in [2.75, 3.05) is 6.61 Å². The minimum Gasteiger partial charge on any atom is -0.493 e. The normalized spacial score (nSPS) is 12.4. The number of ether oxygens (including phenoxy) is 1. The summed E-state index contributed by atoms with van der Waals surface area (Å²) in [4.78, 5) is 0. The van der Waals surface area contributed by atoms with Crippen molar-refractivity contribution in [3.8, 4) is 5.75 Å². The lowest BCUT2D eigenvalue weighted by Gasteiger charge is -2.14. The topological polar surface area (TPSA) is 35.2 Å². The molecule has 0 aliphatic heterocycles. The zero-order chi connectivity index (χ0) is 14.1. The molecule has 1 aromatic rings. The second-order valence-electron chi connectivity index (χ2n) is 5.09. The van der Waals surface area contributed by atoms with Crippen molar-refractivity contribution in [3.05, 3.63) is 29.6 Å². The van der Waals surface area contributed by atoms with Gasteiger partial charge in [0, 0.05) is 11.6 Å². The fraction of sp³-hybridized carbons (Fsp3) is 0.625. The first kappa shape index (κ1) is 16.0. The van der Waals surface area contributed by atoms with Gasteiger partial charge < -0.3 is 10.5 Å². The predicted octanol–water partition coefficient (Wildman–Crippen LogP) is 4.58. The van der Waals surface area contributed by atoms with E-state index in [-0.39, 0.29) is 11.9 Å². The highest BCUT2D eigenvalue weighted by Crippen LogP contribution is 2.25. The molecule has 0 aliphatic rings. The molecule has 1 rings (SSSR count). The van der Waals surface area contributed by atoms with Crippen molar-refractivity contribution >= 4 is 0 Å². The molecule has 1 aromatic carbocycles. The Balaban J connectivity index is 2.33. The van der Waals surface area contributed by atoms with Gasteiger partial charge in [-0.05, 0) is 31.5 Å². The summed E-state index contributed by atoms with van der Waals surface area (Å²) < 4.78 is 18.9. The molecule has 0 amide bonds. The van der Waals surface area contributed by atoms with Crippen LogP contribution in [0.5, 0.6) is 5.75 Å². The minimum absolute atomic E-state index is 0.213. The third kappa shape index (κ3) is 6.06. The van der Waals surface area contributed by atoms with Crippen LogP contribution in [-0.2, 0) is 0 Å². The van der Waals surface area contributed by atoms with E-state index in [1.54, 1.807) is 6.07 Å². The summed E-state index contributed by atoms with van der Waals surface area (Å²) in [7, 11) is 0. The number of benzene rings is 1. The Morgan fingerprint density at radius 2 is 1.84 bits per heavy atom. The average molecular weight is 267 g/mol. The molecule has 1 atom stereocenters. The number of rotatable bonds is 9. The quantitative estimate of drug-likeness (QED) is 0.664. The smallest absolute Gasteiger partial charge is 0.124 e. The van der Waals surface area contributed by atoms with Crippen molar-refractivity contribution in [2.24, 2.45) is 5.73 Å². The third-order valence-corrected chi connectivity index (χ3v) is 3.22. The Hall–Kier alpha value is -1.09. The van der Waals surface area contributed by atoms with Crippen LogP contribution in [-0.4, -0.2) is 6.61 Å². The summed E-state index contributed by atoms with van der Waals surface area (Å²) in [5, 5.41) is 0. The number of nitrogens with two attached hydrogens (primary N) is 1. The lowest BCUT2D eigenvalue weighted by Crippen LogP contribution is -2.09. The molecule has 0 radical (unpaired) electrons. The van der Waals surface area contributed by atoms with Gasteiger partial charge in [-0.2, -0.15) is 0 Å². The summed E-state index contributed by atoms with van der Waals surface area (Å²) >= 11 is 0. The summed E-state index contributed by atoms with van der Waals surface area (Å²) in [5.41, 5.74) is 6.56. The molecule has 2 N–H and O–H groups in total. The molecule has 0 heterocycles. The molecule has 0 saturated heterocycles. The molecular formula is C16H26FNO. The standard InChI is InChI=1S/C16H26FNO/c1-3-4-5-6-7-8-11-19-16-10-9-14(17)12-15(16)13(2)18/h9-10,12-13H,3-8,11,18H2,1-2H3. The maximum absolute atomic E-state index is 13.2. The largest absolute Gasteiger partial charge is 0.493 e. The fourth-order valence-corrected chi connectivity index (χ4v) is 2.07. The Kier molecular flexibility index (Phi) is 7.49. The maximum atomic E-state index is 13.2. The van der Waals surface area contributed by atoms with E-state index in [1.165, 1.54) is 44.2 Å². The van der Waals surface area contributed by atoms with Gasteiger partial charge in [-0.25, -0.2) is 4.39 Å². The highest BCUT2D eigenvalue weighted by atomic mass is 19.1. The molecule has 1 unspecified atom stereocenters. The second kappa shape index (κ2) is 8.92. The average Bonchev–Trinajstić information content (AvgIpc) is 2.39. The first-order valence-corrected chi connectivity index (χ1v) is 7.33. The first-order valence-electron chi connectivity index (χ1n) is 7.33. The number of unbranched alkanes of at least 4 members (excludes halogenated alkanes) is 5. The lowest BCUT2D eigenvalue weighted by molar-refractivity contribution is 0.299. The molecule has 0 spiro atoms. The maximum Gasteiger partial charge on any atom is 0.124 e. The van der Waals surface area contributed by atoms with Crippen LogP contribution >= 0.6 is 0 Å². The second-order valence-corrected chi connectivity index (χ2v) is 5.09. The van der Waals surface area contributed by atoms with Crippen LogP contribution in [0.25, 0.3) is 0 Å². The summed E-state index contributed by atoms with van der Waals surface area (Å²) in [5.74, 6) is 0.448. The van der Waals surface area contributed by atoms with Crippen molar-refractivity contribution < 1.29 is 9.13 Å². The molecule has 2 nitrogen and oxygen atoms in total. The predicted molar refractivity (Wildman–Crippen MR) is 77.9 cm³/mol. The van der Waals surface area contributed by atoms with Crippen LogP contribution in [0.4, 0.5) is 4.39 Å². The third-order valence-electron chi connectivity index (χ3n) is 3.22. The summed E-state index contributed by atoms with van der Waals surface area (Å²) in [6, 6.07) is 4.34. The SMILES string of the molecule is CCCCCCCCOc1ccc(F)cc1C(C)N. The minimum atomic E-state index is -0.265. The molecule has 0 fully saturated rings. The molecule has 0 bridgehead atoms. The highest BCUT2D eigenvalue weighted by molar-refractivity contribution is 5.36. The number of hydrogen-bond donors (Lipinski definition) is 1. The van der Waals surface area contributed by atoms with Crippen LogP contribution in [0.1, 0.15) is 64.0 Å². The van der Waals surface area contributed by atoms with Crippen molar-refractivity contribution in [3.63, 3.8) is 0 Å². The van der Waals surface area contributed by atoms with Gasteiger partial charge in [-0.15, -0.1) is 0 Å². The van der Waals surface area contributed by atoms with Crippen molar-refractivity contribution in [1.82, 2.24) is 0 Å². The summed E-state index contributed by atoms with van der Waals surface area (Å²) in [6.45, 7) is 4.73. The Bertz CT molecular complexity index is 366. The van der Waals surface area contributed by atoms with Gasteiger partial charge >= 0.3 is 0 Å². The van der Waals surface area contributed by atoms with E-state index >= 15 is 0 Å². The van der Waals surface area contributed by atoms with E-state index in [0.29, 0.717) is 12.4 Å². The molecule has 3 heteroatoms. The zero-order valence-corrected chi connectivity index (χ0v) is 12.1. The van der Waals surface area contributed by atoms with Gasteiger partial charge in [0.15, 0.2) is 0 Å². The van der Waals surface area contributed by atoms with Crippen molar-refractivity contribution in [1.29, 1.82) is 0 Å². The van der Waals surface area contributed by atoms with Crippen molar-refractivity contribution in [2.45, 2.75) is 58.4 Å². The first-order chi connectivity index (χ1) is 9.15. The molecule has 0 aromatic heterocycles. The van der Waals surface area contributed by atoms with Gasteiger partial charge in [-0.3, -0.25) is 0 Å². The lowest BCUT2D eigenvalue weighted by atomic mass is 10.1. The van der Waals surface area contributed by atoms with Gasteiger partial charge in [0.05, 0.1) is 6.61 Å². The van der Waals surface area contributed by atoms with E-state index in [1.807, 2.05) is 6.92 Å². The van der Waals surface area contributed by atoms with E-state index in [0.717, 1.165) is 12.0 Å². The van der Waals surface area contributed by atoms with Crippen LogP contribution in [0.2, 0.25) is 0 Å². The monoisotopic (exact) mass is 267 g/mol. The van der Waals surface area contributed by atoms with E-state index in [2.05, 4.69) is 6.92 Å². The Morgan fingerprint density at radius 1 is 1.16 bits per heavy atom. The zero-order valence-electron chi connectivity index (χ0n) is 12.1. The Morgan fingerprint density at radius 3 is 2.53 bits per heavy atom. The molecular weight excluding hydrogens is 241 g/mol. The molecule has 0 saturated carbocycles.